The van der Waals surface area contributed by atoms with E-state index in [4.69, 9.17) is 5.11 Å². The molecule has 2 nitrogen and oxygen atoms in total. The third-order valence-electron chi connectivity index (χ3n) is 1.71. The highest BCUT2D eigenvalue weighted by Crippen LogP contribution is 2.27. The fourth-order valence-corrected chi connectivity index (χ4v) is 3.60. The Hall–Kier alpha value is 0.360. The largest absolute Gasteiger partial charge is 0.394 e. The summed E-state index contributed by atoms with van der Waals surface area (Å²) in [7, 11) is 0. The van der Waals surface area contributed by atoms with Crippen LogP contribution >= 0.6 is 23.5 Å². The van der Waals surface area contributed by atoms with Gasteiger partial charge in [-0.2, -0.15) is 23.5 Å². The number of aliphatic hydroxyl groups is 2. The van der Waals surface area contributed by atoms with Crippen LogP contribution in [0.25, 0.3) is 0 Å². The molecule has 12 heavy (non-hydrogen) atoms. The molecule has 4 heteroatoms. The fourth-order valence-electron chi connectivity index (χ4n) is 0.974. The van der Waals surface area contributed by atoms with Crippen molar-refractivity contribution >= 4 is 23.5 Å². The molecule has 0 radical (unpaired) electrons. The third-order valence-corrected chi connectivity index (χ3v) is 4.61. The van der Waals surface area contributed by atoms with E-state index >= 15 is 0 Å². The van der Waals surface area contributed by atoms with Crippen LogP contribution in [-0.4, -0.2) is 45.4 Å². The number of hydrogen-bond donors (Lipinski definition) is 2. The Balaban J connectivity index is 2.40. The molecular formula is C8H14O2S2. The monoisotopic (exact) mass is 206 g/mol. The summed E-state index contributed by atoms with van der Waals surface area (Å²) in [5.41, 5.74) is 1.22. The van der Waals surface area contributed by atoms with Gasteiger partial charge in [0.2, 0.25) is 0 Å². The van der Waals surface area contributed by atoms with Crippen LogP contribution in [0.15, 0.2) is 12.2 Å². The molecule has 1 rings (SSSR count). The van der Waals surface area contributed by atoms with E-state index in [0.717, 1.165) is 17.3 Å². The molecule has 1 aliphatic rings. The molecule has 2 N–H and O–H groups in total. The zero-order valence-corrected chi connectivity index (χ0v) is 8.53. The van der Waals surface area contributed by atoms with Crippen molar-refractivity contribution in [1.29, 1.82) is 0 Å². The second-order valence-electron chi connectivity index (χ2n) is 2.86. The lowest BCUT2D eigenvalue weighted by Crippen LogP contribution is -2.28. The second-order valence-corrected chi connectivity index (χ2v) is 5.12. The lowest BCUT2D eigenvalue weighted by molar-refractivity contribution is 0.0974. The van der Waals surface area contributed by atoms with Gasteiger partial charge in [0.05, 0.1) is 12.7 Å². The molecule has 1 aliphatic heterocycles. The molecule has 0 aromatic carbocycles. The second kappa shape index (κ2) is 5.17. The highest BCUT2D eigenvalue weighted by atomic mass is 32.2. The van der Waals surface area contributed by atoms with E-state index in [9.17, 15) is 5.11 Å². The third kappa shape index (κ3) is 3.01. The van der Waals surface area contributed by atoms with Crippen LogP contribution in [0.1, 0.15) is 0 Å². The molecule has 1 heterocycles. The Morgan fingerprint density at radius 3 is 3.00 bits per heavy atom. The maximum atomic E-state index is 9.38. The summed E-state index contributed by atoms with van der Waals surface area (Å²) in [6, 6.07) is 0. The van der Waals surface area contributed by atoms with Crippen LogP contribution in [0, 0.1) is 0 Å². The van der Waals surface area contributed by atoms with Gasteiger partial charge < -0.3 is 10.2 Å². The maximum Gasteiger partial charge on any atom is 0.0897 e. The molecule has 0 aromatic rings. The van der Waals surface area contributed by atoms with E-state index in [1.165, 1.54) is 5.57 Å². The molecule has 2 atom stereocenters. The smallest absolute Gasteiger partial charge is 0.0897 e. The summed E-state index contributed by atoms with van der Waals surface area (Å²) in [6.07, 6.45) is -0.576. The molecule has 0 aromatic heterocycles. The number of aliphatic hydroxyl groups excluding tert-OH is 2. The minimum absolute atomic E-state index is 0.134. The van der Waals surface area contributed by atoms with Crippen molar-refractivity contribution in [3.63, 3.8) is 0 Å². The standard InChI is InChI=1S/C8H14O2S2/c1-6-3-11-5-8(12-4-6)7(10)2-9/h7-10H,1-5H2. The number of hydrogen-bond acceptors (Lipinski definition) is 4. The van der Waals surface area contributed by atoms with Crippen molar-refractivity contribution in [2.75, 3.05) is 23.9 Å². The van der Waals surface area contributed by atoms with Crippen LogP contribution in [0.4, 0.5) is 0 Å². The topological polar surface area (TPSA) is 40.5 Å². The van der Waals surface area contributed by atoms with Crippen molar-refractivity contribution in [3.8, 4) is 0 Å². The average molecular weight is 206 g/mol. The van der Waals surface area contributed by atoms with Crippen LogP contribution < -0.4 is 0 Å². The maximum absolute atomic E-state index is 9.38. The number of thioether (sulfide) groups is 2. The van der Waals surface area contributed by atoms with Gasteiger partial charge >= 0.3 is 0 Å². The van der Waals surface area contributed by atoms with Crippen molar-refractivity contribution in [3.05, 3.63) is 12.2 Å². The van der Waals surface area contributed by atoms with Gasteiger partial charge in [-0.3, -0.25) is 0 Å². The Bertz CT molecular complexity index is 161. The fraction of sp³-hybridized carbons (Fsp3) is 0.750. The molecule has 2 unspecified atom stereocenters. The Labute approximate surface area is 81.4 Å². The van der Waals surface area contributed by atoms with Crippen molar-refractivity contribution < 1.29 is 10.2 Å². The predicted octanol–water partition coefficient (Wildman–Crippen LogP) is 0.744. The first-order valence-electron chi connectivity index (χ1n) is 3.89. The van der Waals surface area contributed by atoms with E-state index in [2.05, 4.69) is 6.58 Å². The van der Waals surface area contributed by atoms with E-state index in [-0.39, 0.29) is 11.9 Å². The summed E-state index contributed by atoms with van der Waals surface area (Å²) < 4.78 is 0. The molecule has 0 amide bonds. The van der Waals surface area contributed by atoms with Gasteiger partial charge in [0.15, 0.2) is 0 Å². The molecule has 0 aliphatic carbocycles. The van der Waals surface area contributed by atoms with E-state index in [1.807, 2.05) is 0 Å². The summed E-state index contributed by atoms with van der Waals surface area (Å²) >= 11 is 3.48. The summed E-state index contributed by atoms with van der Waals surface area (Å²) in [5.74, 6) is 2.81. The minimum atomic E-state index is -0.576. The lowest BCUT2D eigenvalue weighted by atomic mass is 10.3. The average Bonchev–Trinajstić information content (AvgIpc) is 2.29. The van der Waals surface area contributed by atoms with Gasteiger partial charge in [-0.15, -0.1) is 0 Å². The van der Waals surface area contributed by atoms with Crippen LogP contribution in [0.5, 0.6) is 0 Å². The highest BCUT2D eigenvalue weighted by molar-refractivity contribution is 8.04. The first-order valence-corrected chi connectivity index (χ1v) is 6.09. The minimum Gasteiger partial charge on any atom is -0.394 e. The first-order chi connectivity index (χ1) is 5.74. The predicted molar refractivity (Wildman–Crippen MR) is 55.8 cm³/mol. The summed E-state index contributed by atoms with van der Waals surface area (Å²) in [4.78, 5) is 0. The van der Waals surface area contributed by atoms with E-state index < -0.39 is 6.10 Å². The van der Waals surface area contributed by atoms with Crippen molar-refractivity contribution in [2.45, 2.75) is 11.4 Å². The van der Waals surface area contributed by atoms with Crippen LogP contribution in [0.3, 0.4) is 0 Å². The first kappa shape index (κ1) is 10.4. The number of rotatable bonds is 2. The van der Waals surface area contributed by atoms with Gasteiger partial charge in [0.1, 0.15) is 0 Å². The molecule has 0 bridgehead atoms. The van der Waals surface area contributed by atoms with Gasteiger partial charge in [-0.25, -0.2) is 0 Å². The van der Waals surface area contributed by atoms with Crippen molar-refractivity contribution in [2.24, 2.45) is 0 Å². The zero-order chi connectivity index (χ0) is 8.97. The van der Waals surface area contributed by atoms with Crippen molar-refractivity contribution in [1.82, 2.24) is 0 Å². The lowest BCUT2D eigenvalue weighted by Gasteiger charge is -2.17. The summed E-state index contributed by atoms with van der Waals surface area (Å²) in [5, 5.41) is 18.3. The van der Waals surface area contributed by atoms with Gasteiger partial charge in [-0.1, -0.05) is 12.2 Å². The quantitative estimate of drug-likeness (QED) is 0.654. The van der Waals surface area contributed by atoms with Crippen LogP contribution in [0.2, 0.25) is 0 Å². The van der Waals surface area contributed by atoms with Gasteiger partial charge in [0, 0.05) is 22.5 Å². The van der Waals surface area contributed by atoms with E-state index in [0.29, 0.717) is 0 Å². The van der Waals surface area contributed by atoms with Gasteiger partial charge in [0.25, 0.3) is 0 Å². The molecule has 1 saturated heterocycles. The molecule has 0 spiro atoms. The Kier molecular flexibility index (Phi) is 4.50. The Morgan fingerprint density at radius 1 is 1.58 bits per heavy atom. The molecular weight excluding hydrogens is 192 g/mol. The van der Waals surface area contributed by atoms with Crippen LogP contribution in [-0.2, 0) is 0 Å². The normalized spacial score (nSPS) is 28.2. The van der Waals surface area contributed by atoms with E-state index in [1.54, 1.807) is 23.5 Å². The summed E-state index contributed by atoms with van der Waals surface area (Å²) in [6.45, 7) is 3.77. The molecule has 1 fully saturated rings. The molecule has 0 saturated carbocycles. The Morgan fingerprint density at radius 2 is 2.33 bits per heavy atom. The highest BCUT2D eigenvalue weighted by Gasteiger charge is 2.21. The molecule has 70 valence electrons. The SMILES string of the molecule is C=C1CSCC(C(O)CO)SC1. The zero-order valence-electron chi connectivity index (χ0n) is 6.90. The van der Waals surface area contributed by atoms with Gasteiger partial charge in [-0.05, 0) is 0 Å².